The minimum absolute atomic E-state index is 0.246. The molecule has 8 heteroatoms. The standard InChI is InChI=1S/C29H24BrN3O4/c30-25-19-23(13-16-26(25)37-18-17-20-7-3-1-4-8-20)29(36)33-32-28(35)22-11-14-24(15-12-22)31-27(34)21-9-5-2-6-10-21/h1-16,19H,17-18H2,(H,31,34)(H,32,35)(H,33,36). The van der Waals surface area contributed by atoms with E-state index in [0.717, 1.165) is 6.42 Å². The van der Waals surface area contributed by atoms with Crippen LogP contribution in [0.4, 0.5) is 5.69 Å². The molecular weight excluding hydrogens is 534 g/mol. The molecule has 3 amide bonds. The van der Waals surface area contributed by atoms with E-state index in [2.05, 4.69) is 32.1 Å². The zero-order valence-electron chi connectivity index (χ0n) is 19.7. The lowest BCUT2D eigenvalue weighted by Crippen LogP contribution is -2.41. The van der Waals surface area contributed by atoms with E-state index in [0.29, 0.717) is 39.2 Å². The van der Waals surface area contributed by atoms with Gasteiger partial charge in [0, 0.05) is 28.8 Å². The molecule has 0 aliphatic rings. The number of benzene rings is 4. The molecule has 37 heavy (non-hydrogen) atoms. The van der Waals surface area contributed by atoms with Gasteiger partial charge in [0.25, 0.3) is 17.7 Å². The Kier molecular flexibility index (Phi) is 8.67. The van der Waals surface area contributed by atoms with E-state index in [1.165, 1.54) is 5.56 Å². The smallest absolute Gasteiger partial charge is 0.269 e. The highest BCUT2D eigenvalue weighted by Crippen LogP contribution is 2.26. The molecule has 4 aromatic rings. The summed E-state index contributed by atoms with van der Waals surface area (Å²) in [5.74, 6) is -0.592. The summed E-state index contributed by atoms with van der Waals surface area (Å²) in [6.07, 6.45) is 0.766. The van der Waals surface area contributed by atoms with Crippen LogP contribution in [0.3, 0.4) is 0 Å². The number of carbonyl (C=O) groups is 3. The number of carbonyl (C=O) groups excluding carboxylic acids is 3. The van der Waals surface area contributed by atoms with Crippen LogP contribution in [-0.4, -0.2) is 24.3 Å². The third kappa shape index (κ3) is 7.28. The first-order valence-electron chi connectivity index (χ1n) is 11.5. The van der Waals surface area contributed by atoms with Gasteiger partial charge in [0.1, 0.15) is 5.75 Å². The van der Waals surface area contributed by atoms with Gasteiger partial charge in [0.15, 0.2) is 0 Å². The molecule has 4 rings (SSSR count). The van der Waals surface area contributed by atoms with E-state index < -0.39 is 11.8 Å². The van der Waals surface area contributed by atoms with Crippen LogP contribution in [0.2, 0.25) is 0 Å². The molecule has 0 saturated heterocycles. The summed E-state index contributed by atoms with van der Waals surface area (Å²) in [5, 5.41) is 2.77. The lowest BCUT2D eigenvalue weighted by Gasteiger charge is -2.11. The van der Waals surface area contributed by atoms with Crippen LogP contribution in [-0.2, 0) is 6.42 Å². The maximum absolute atomic E-state index is 12.5. The second-order valence-corrected chi connectivity index (χ2v) is 8.89. The molecule has 0 radical (unpaired) electrons. The Morgan fingerprint density at radius 3 is 1.86 bits per heavy atom. The Balaban J connectivity index is 1.26. The fourth-order valence-corrected chi connectivity index (χ4v) is 3.93. The van der Waals surface area contributed by atoms with Gasteiger partial charge >= 0.3 is 0 Å². The van der Waals surface area contributed by atoms with Gasteiger partial charge in [-0.25, -0.2) is 0 Å². The van der Waals surface area contributed by atoms with Crippen LogP contribution in [0.5, 0.6) is 5.75 Å². The number of ether oxygens (including phenoxy) is 1. The normalized spacial score (nSPS) is 10.3. The molecule has 0 bridgehead atoms. The second kappa shape index (κ2) is 12.5. The molecule has 0 atom stereocenters. The van der Waals surface area contributed by atoms with Gasteiger partial charge in [-0.2, -0.15) is 0 Å². The van der Waals surface area contributed by atoms with Crippen LogP contribution in [0, 0.1) is 0 Å². The lowest BCUT2D eigenvalue weighted by molar-refractivity contribution is 0.0846. The van der Waals surface area contributed by atoms with Gasteiger partial charge in [-0.15, -0.1) is 0 Å². The van der Waals surface area contributed by atoms with Gasteiger partial charge in [0.05, 0.1) is 11.1 Å². The first kappa shape index (κ1) is 25.7. The van der Waals surface area contributed by atoms with Gasteiger partial charge in [-0.1, -0.05) is 48.5 Å². The fraction of sp³-hybridized carbons (Fsp3) is 0.0690. The molecule has 0 spiro atoms. The highest BCUT2D eigenvalue weighted by molar-refractivity contribution is 9.10. The molecule has 0 unspecified atom stereocenters. The van der Waals surface area contributed by atoms with Crippen molar-refractivity contribution in [3.05, 3.63) is 130 Å². The molecule has 0 fully saturated rings. The van der Waals surface area contributed by atoms with Crippen LogP contribution >= 0.6 is 15.9 Å². The molecule has 3 N–H and O–H groups in total. The third-order valence-electron chi connectivity index (χ3n) is 5.42. The Morgan fingerprint density at radius 2 is 1.22 bits per heavy atom. The van der Waals surface area contributed by atoms with Crippen molar-refractivity contribution in [3.8, 4) is 5.75 Å². The quantitative estimate of drug-likeness (QED) is 0.253. The zero-order valence-corrected chi connectivity index (χ0v) is 21.3. The highest BCUT2D eigenvalue weighted by Gasteiger charge is 2.12. The summed E-state index contributed by atoms with van der Waals surface area (Å²) in [7, 11) is 0. The molecule has 0 aliphatic carbocycles. The zero-order chi connectivity index (χ0) is 26.0. The number of amides is 3. The number of hydrogen-bond acceptors (Lipinski definition) is 4. The van der Waals surface area contributed by atoms with Gasteiger partial charge in [-0.05, 0) is 76.1 Å². The first-order valence-corrected chi connectivity index (χ1v) is 12.3. The summed E-state index contributed by atoms with van der Waals surface area (Å²) < 4.78 is 6.45. The SMILES string of the molecule is O=C(NNC(=O)c1ccc(OCCc2ccccc2)c(Br)c1)c1ccc(NC(=O)c2ccccc2)cc1. The number of hydrazine groups is 1. The summed E-state index contributed by atoms with van der Waals surface area (Å²) in [6.45, 7) is 0.499. The molecule has 0 aliphatic heterocycles. The van der Waals surface area contributed by atoms with E-state index in [1.54, 1.807) is 66.7 Å². The summed E-state index contributed by atoms with van der Waals surface area (Å²) in [4.78, 5) is 37.2. The largest absolute Gasteiger partial charge is 0.492 e. The van der Waals surface area contributed by atoms with Crippen molar-refractivity contribution in [1.29, 1.82) is 0 Å². The van der Waals surface area contributed by atoms with E-state index in [9.17, 15) is 14.4 Å². The summed E-state index contributed by atoms with van der Waals surface area (Å²) in [5.41, 5.74) is 7.73. The Bertz CT molecular complexity index is 1380. The van der Waals surface area contributed by atoms with Crippen molar-refractivity contribution in [2.24, 2.45) is 0 Å². The number of anilines is 1. The molecule has 7 nitrogen and oxygen atoms in total. The Labute approximate surface area is 223 Å². The monoisotopic (exact) mass is 557 g/mol. The molecular formula is C29H24BrN3O4. The first-order chi connectivity index (χ1) is 18.0. The summed E-state index contributed by atoms with van der Waals surface area (Å²) in [6, 6.07) is 30.1. The molecule has 4 aromatic carbocycles. The maximum Gasteiger partial charge on any atom is 0.269 e. The molecule has 0 saturated carbocycles. The fourth-order valence-electron chi connectivity index (χ4n) is 3.44. The second-order valence-electron chi connectivity index (χ2n) is 8.04. The predicted octanol–water partition coefficient (Wildman–Crippen LogP) is 5.40. The van der Waals surface area contributed by atoms with Crippen LogP contribution in [0.1, 0.15) is 36.6 Å². The lowest BCUT2D eigenvalue weighted by atomic mass is 10.1. The van der Waals surface area contributed by atoms with Crippen molar-refractivity contribution >= 4 is 39.3 Å². The van der Waals surface area contributed by atoms with Gasteiger partial charge in [-0.3, -0.25) is 25.2 Å². The van der Waals surface area contributed by atoms with Crippen LogP contribution in [0.15, 0.2) is 108 Å². The van der Waals surface area contributed by atoms with Crippen molar-refractivity contribution in [1.82, 2.24) is 10.9 Å². The van der Waals surface area contributed by atoms with E-state index in [1.807, 2.05) is 36.4 Å². The van der Waals surface area contributed by atoms with Crippen molar-refractivity contribution < 1.29 is 19.1 Å². The van der Waals surface area contributed by atoms with Crippen molar-refractivity contribution in [2.45, 2.75) is 6.42 Å². The van der Waals surface area contributed by atoms with Gasteiger partial charge in [0.2, 0.25) is 0 Å². The molecule has 0 heterocycles. The van der Waals surface area contributed by atoms with Crippen LogP contribution < -0.4 is 20.9 Å². The third-order valence-corrected chi connectivity index (χ3v) is 6.04. The average Bonchev–Trinajstić information content (AvgIpc) is 2.94. The number of nitrogens with one attached hydrogen (secondary N) is 3. The highest BCUT2D eigenvalue weighted by atomic mass is 79.9. The van der Waals surface area contributed by atoms with Crippen LogP contribution in [0.25, 0.3) is 0 Å². The van der Waals surface area contributed by atoms with E-state index in [4.69, 9.17) is 4.74 Å². The minimum Gasteiger partial charge on any atom is -0.492 e. The summed E-state index contributed by atoms with van der Waals surface area (Å²) >= 11 is 3.43. The van der Waals surface area contributed by atoms with E-state index >= 15 is 0 Å². The topological polar surface area (TPSA) is 96.5 Å². The minimum atomic E-state index is -0.491. The maximum atomic E-state index is 12.5. The van der Waals surface area contributed by atoms with Gasteiger partial charge < -0.3 is 10.1 Å². The number of halogens is 1. The van der Waals surface area contributed by atoms with Crippen molar-refractivity contribution in [2.75, 3.05) is 11.9 Å². The Hall–Kier alpha value is -4.43. The van der Waals surface area contributed by atoms with Crippen molar-refractivity contribution in [3.63, 3.8) is 0 Å². The average molecular weight is 558 g/mol. The predicted molar refractivity (Wildman–Crippen MR) is 146 cm³/mol. The Morgan fingerprint density at radius 1 is 0.649 bits per heavy atom. The van der Waals surface area contributed by atoms with E-state index in [-0.39, 0.29) is 5.91 Å². The molecule has 0 aromatic heterocycles. The molecule has 186 valence electrons. The number of rotatable bonds is 8. The number of hydrogen-bond donors (Lipinski definition) is 3.